The predicted octanol–water partition coefficient (Wildman–Crippen LogP) is 11.0. The Balaban J connectivity index is 0.000000185. The van der Waals surface area contributed by atoms with Crippen LogP contribution in [0.3, 0.4) is 0 Å². The van der Waals surface area contributed by atoms with Gasteiger partial charge in [-0.3, -0.25) is 43.7 Å². The van der Waals surface area contributed by atoms with Crippen molar-refractivity contribution < 1.29 is 75.9 Å². The first-order valence-corrected chi connectivity index (χ1v) is 43.7. The summed E-state index contributed by atoms with van der Waals surface area (Å²) in [6.07, 6.45) is 5.19. The van der Waals surface area contributed by atoms with Crippen molar-refractivity contribution >= 4 is 205 Å². The number of amides is 7. The molecule has 39 heteroatoms. The molecule has 0 aliphatic carbocycles. The predicted molar refractivity (Wildman–Crippen MR) is 454 cm³/mol. The Morgan fingerprint density at radius 2 is 1.09 bits per heavy atom. The molecule has 0 fully saturated rings. The highest BCUT2D eigenvalue weighted by atomic mass is 35.5. The fourth-order valence-electron chi connectivity index (χ4n) is 12.8. The van der Waals surface area contributed by atoms with Gasteiger partial charge in [-0.15, -0.1) is 22.7 Å². The summed E-state index contributed by atoms with van der Waals surface area (Å²) >= 11 is 47.7. The number of nitrogens with one attached hydrogen (secondary N) is 7. The molecule has 0 spiro atoms. The zero-order valence-corrected chi connectivity index (χ0v) is 71.3. The molecule has 28 nitrogen and oxygen atoms in total. The van der Waals surface area contributed by atoms with Gasteiger partial charge in [0.1, 0.15) is 18.1 Å². The van der Waals surface area contributed by atoms with Crippen LogP contribution in [-0.4, -0.2) is 201 Å². The number of aromatic amines is 1. The van der Waals surface area contributed by atoms with E-state index in [9.17, 15) is 75.9 Å². The fourth-order valence-corrected chi connectivity index (χ4v) is 17.9. The van der Waals surface area contributed by atoms with Gasteiger partial charge < -0.3 is 56.3 Å². The van der Waals surface area contributed by atoms with Gasteiger partial charge in [-0.1, -0.05) is 105 Å². The maximum Gasteiger partial charge on any atom is 0.328 e. The van der Waals surface area contributed by atoms with Crippen LogP contribution in [0.4, 0.5) is 0 Å². The van der Waals surface area contributed by atoms with Crippen molar-refractivity contribution in [1.82, 2.24) is 56.1 Å². The van der Waals surface area contributed by atoms with Crippen LogP contribution >= 0.6 is 104 Å². The van der Waals surface area contributed by atoms with E-state index in [0.717, 1.165) is 27.6 Å². The number of guanidine groups is 1. The van der Waals surface area contributed by atoms with Crippen LogP contribution in [0.2, 0.25) is 35.2 Å². The van der Waals surface area contributed by atoms with E-state index in [-0.39, 0.29) is 101 Å². The number of aliphatic imine (C=N–C) groups is 1. The fraction of sp³-hybridized carbons (Fsp3) is 0.256. The number of carbonyl (C=O) groups is 10. The Labute approximate surface area is 714 Å². The SMILES string of the molecule is C=S(C)(=O)NC(=NC[C@H](NC(=O)c1c(Cl)cc2c(c1Cl)CCN(C(=O)c1ccc(Cl)cc1)C2)C(=O)O)NN(C)C.CS(=O)(=O)c1cccc(C[C@H](NC(=O)c2c(Cl)cc3c(c2Cl)CCN(C(=O)c2cccc4[nH]ccc24)C3)C(=O)O)c1.Cc1ccc(C(=O)N2CCc3c(cc(Cl)c(C(=O)N[C@@H](CNC(=O)c4cccs4)C(=O)O)c3Cl)C2)s1. The topological polar surface area (TPSA) is 396 Å². The lowest BCUT2D eigenvalue weighted by molar-refractivity contribution is -0.140. The first-order valence-electron chi connectivity index (χ1n) is 35.3. The molecule has 3 aromatic heterocycles. The molecule has 616 valence electrons. The largest absolute Gasteiger partial charge is 0.480 e. The number of aromatic nitrogens is 1. The van der Waals surface area contributed by atoms with Crippen molar-refractivity contribution in [1.29, 1.82) is 0 Å². The molecule has 1 unspecified atom stereocenters. The zero-order chi connectivity index (χ0) is 85.2. The number of rotatable bonds is 22. The number of H-pyrrole nitrogens is 1. The molecule has 10 N–H and O–H groups in total. The number of hydrogen-bond acceptors (Lipinski definition) is 17. The number of aryl methyl sites for hydroxylation is 1. The van der Waals surface area contributed by atoms with Gasteiger partial charge in [-0.05, 0) is 167 Å². The van der Waals surface area contributed by atoms with Gasteiger partial charge in [0.15, 0.2) is 9.84 Å². The van der Waals surface area contributed by atoms with Crippen molar-refractivity contribution in [3.05, 3.63) is 243 Å². The van der Waals surface area contributed by atoms with Crippen molar-refractivity contribution in [3.8, 4) is 0 Å². The number of fused-ring (bicyclic) bond motifs is 4. The van der Waals surface area contributed by atoms with Crippen LogP contribution in [0.15, 0.2) is 137 Å². The molecule has 7 amide bonds. The molecule has 6 heterocycles. The third kappa shape index (κ3) is 22.5. The third-order valence-electron chi connectivity index (χ3n) is 18.5. The lowest BCUT2D eigenvalue weighted by Gasteiger charge is -2.30. The minimum absolute atomic E-state index is 0.00842. The standard InChI is InChI=1S/C29H25Cl2N3O6S.C25H29Cl3N6O5S.C24H21Cl2N3O5S2/c1-41(39,40)18-5-2-4-16(12-18)13-24(29(37)38)33-27(35)25-22(30)14-17-15-34(11-9-19(17)26(25)31)28(36)21-6-3-7-23-20(21)8-10-32-23;1-33(2)31-25(32-40(3,4)39)29-12-19(24(37)38)30-22(35)20-18(27)11-15-13-34(10-9-17(15)21(20)28)23(36)14-5-7-16(26)8-6-14;1-12-4-5-18(36-12)23(32)29-7-6-14-13(11-29)9-15(25)19(20(14)26)22(31)28-16(24(33)34)10-27-21(30)17-3-2-8-35-17/h2-8,10,12,14,24,32H,9,11,13,15H2,1H3,(H,33,35)(H,37,38);5-8,11,19H,3,9-10,12-13H2,1-2,4H3,(H,30,35)(H,37,38)(H2,29,31,32,39);2-5,8-9,16H,6-7,10-11H2,1H3,(H,27,30)(H,28,31)(H,33,34)/t24-;19-,40?;16-/m000/s1. The Morgan fingerprint density at radius 1 is 0.581 bits per heavy atom. The van der Waals surface area contributed by atoms with E-state index in [0.29, 0.717) is 105 Å². The maximum absolute atomic E-state index is 13.4. The van der Waals surface area contributed by atoms with Crippen molar-refractivity contribution in [2.24, 2.45) is 4.99 Å². The number of aliphatic carboxylic acids is 3. The molecule has 0 saturated carbocycles. The van der Waals surface area contributed by atoms with Crippen LogP contribution in [-0.2, 0) is 79.2 Å². The van der Waals surface area contributed by atoms with Crippen LogP contribution in [0, 0.1) is 6.92 Å². The monoisotopic (exact) mass is 1810 g/mol. The van der Waals surface area contributed by atoms with Crippen LogP contribution in [0.1, 0.15) is 115 Å². The maximum atomic E-state index is 13.4. The van der Waals surface area contributed by atoms with Gasteiger partial charge in [-0.2, -0.15) is 0 Å². The lowest BCUT2D eigenvalue weighted by atomic mass is 9.95. The Hall–Kier alpha value is -9.81. The number of carboxylic acids is 3. The van der Waals surface area contributed by atoms with Gasteiger partial charge in [0, 0.05) is 127 Å². The third-order valence-corrected chi connectivity index (χ3v) is 24.5. The van der Waals surface area contributed by atoms with Gasteiger partial charge in [0.25, 0.3) is 41.4 Å². The van der Waals surface area contributed by atoms with Gasteiger partial charge in [0.2, 0.25) is 5.96 Å². The van der Waals surface area contributed by atoms with E-state index < -0.39 is 85.8 Å². The quantitative estimate of drug-likeness (QED) is 0.0130. The van der Waals surface area contributed by atoms with E-state index in [1.54, 1.807) is 113 Å². The van der Waals surface area contributed by atoms with Crippen molar-refractivity contribution in [3.63, 3.8) is 0 Å². The highest BCUT2D eigenvalue weighted by Crippen LogP contribution is 2.39. The summed E-state index contributed by atoms with van der Waals surface area (Å²) in [5.74, 6) is -3.66. The molecule has 3 aliphatic rings. The molecule has 0 saturated heterocycles. The molecular formula is C78H75Cl7N12O16S4. The van der Waals surface area contributed by atoms with E-state index in [4.69, 9.17) is 81.2 Å². The number of benzene rings is 6. The molecule has 9 aromatic rings. The average molecular weight is 1810 g/mol. The van der Waals surface area contributed by atoms with E-state index in [1.165, 1.54) is 52.1 Å². The second-order valence-electron chi connectivity index (χ2n) is 27.4. The minimum atomic E-state index is -3.50. The number of carboxylic acid groups (broad SMARTS) is 3. The van der Waals surface area contributed by atoms with E-state index in [1.807, 2.05) is 31.2 Å². The number of halogens is 7. The number of hydrogen-bond donors (Lipinski definition) is 10. The number of carbonyl (C=O) groups excluding carboxylic acids is 7. The smallest absolute Gasteiger partial charge is 0.328 e. The molecule has 6 aromatic carbocycles. The highest BCUT2D eigenvalue weighted by Gasteiger charge is 2.35. The summed E-state index contributed by atoms with van der Waals surface area (Å²) in [7, 11) is -2.91. The first-order chi connectivity index (χ1) is 55.2. The average Bonchev–Trinajstić information content (AvgIpc) is 0.943. The number of nitrogens with zero attached hydrogens (tertiary/aromatic N) is 5. The molecule has 117 heavy (non-hydrogen) atoms. The number of sulfone groups is 1. The lowest BCUT2D eigenvalue weighted by Crippen LogP contribution is -2.48. The summed E-state index contributed by atoms with van der Waals surface area (Å²) in [5, 5.41) is 43.8. The number of thiophene rings is 2. The van der Waals surface area contributed by atoms with E-state index >= 15 is 0 Å². The van der Waals surface area contributed by atoms with Crippen LogP contribution in [0.5, 0.6) is 0 Å². The van der Waals surface area contributed by atoms with Gasteiger partial charge >= 0.3 is 17.9 Å². The molecule has 0 radical (unpaired) electrons. The first kappa shape index (κ1) is 89.5. The second kappa shape index (κ2) is 38.7. The molecule has 3 aliphatic heterocycles. The Bertz CT molecular complexity index is 5690. The van der Waals surface area contributed by atoms with Crippen molar-refractivity contribution in [2.75, 3.05) is 59.3 Å². The van der Waals surface area contributed by atoms with Crippen LogP contribution < -0.4 is 31.4 Å². The molecular weight excluding hydrogens is 1740 g/mol. The summed E-state index contributed by atoms with van der Waals surface area (Å²) in [6, 6.07) is 27.3. The summed E-state index contributed by atoms with van der Waals surface area (Å²) < 4.78 is 38.4. The van der Waals surface area contributed by atoms with E-state index in [2.05, 4.69) is 47.3 Å². The van der Waals surface area contributed by atoms with Crippen molar-refractivity contribution in [2.45, 2.75) is 75.3 Å². The Morgan fingerprint density at radius 3 is 1.56 bits per heavy atom. The molecule has 12 rings (SSSR count). The second-order valence-corrected chi connectivity index (χ2v) is 36.6. The van der Waals surface area contributed by atoms with Gasteiger partial charge in [0.05, 0.1) is 68.0 Å². The summed E-state index contributed by atoms with van der Waals surface area (Å²) in [6.45, 7) is 3.10. The minimum Gasteiger partial charge on any atom is -0.480 e. The highest BCUT2D eigenvalue weighted by molar-refractivity contribution is 7.98. The molecule has 0 bridgehead atoms. The normalized spacial score (nSPS) is 14.4. The zero-order valence-electron chi connectivity index (χ0n) is 62.7. The summed E-state index contributed by atoms with van der Waals surface area (Å²) in [4.78, 5) is 141. The van der Waals surface area contributed by atoms with Crippen LogP contribution in [0.25, 0.3) is 10.9 Å². The number of hydrazine groups is 1. The molecule has 4 atom stereocenters. The summed E-state index contributed by atoms with van der Waals surface area (Å²) in [5.41, 5.74) is 9.04. The Kier molecular flexibility index (Phi) is 29.6. The van der Waals surface area contributed by atoms with Gasteiger partial charge in [-0.25, -0.2) is 37.0 Å².